The van der Waals surface area contributed by atoms with Crippen molar-refractivity contribution in [2.45, 2.75) is 141 Å². The zero-order valence-corrected chi connectivity index (χ0v) is 34.3. The number of imidazole rings is 1. The number of halogens is 4. The molecule has 0 spiro atoms. The Bertz CT molecular complexity index is 1940. The summed E-state index contributed by atoms with van der Waals surface area (Å²) in [7, 11) is -1.32. The van der Waals surface area contributed by atoms with Crippen molar-refractivity contribution in [1.29, 1.82) is 0 Å². The summed E-state index contributed by atoms with van der Waals surface area (Å²) in [6.45, 7) is 17.8. The Morgan fingerprint density at radius 1 is 1.11 bits per heavy atom. The number of nitrogens with one attached hydrogen (secondary N) is 1. The Hall–Kier alpha value is -2.75. The van der Waals surface area contributed by atoms with E-state index in [0.717, 1.165) is 61.3 Å². The number of hydrogen-bond acceptors (Lipinski definition) is 8. The van der Waals surface area contributed by atoms with Gasteiger partial charge in [0, 0.05) is 51.8 Å². The largest absolute Gasteiger partial charge is 0.417 e. The van der Waals surface area contributed by atoms with E-state index in [9.17, 15) is 13.2 Å². The second-order valence-electron chi connectivity index (χ2n) is 17.4. The number of unbranched alkanes of at least 4 members (excludes halogenated alkanes) is 1. The predicted octanol–water partition coefficient (Wildman–Crippen LogP) is 9.15. The number of benzene rings is 1. The fraction of sp³-hybridized carbons (Fsp3) is 0.667. The summed E-state index contributed by atoms with van der Waals surface area (Å²) >= 11 is 6.16. The molecule has 1 N–H and O–H groups in total. The van der Waals surface area contributed by atoms with E-state index >= 15 is 0 Å². The maximum Gasteiger partial charge on any atom is 0.417 e. The highest BCUT2D eigenvalue weighted by Gasteiger charge is 2.55. The van der Waals surface area contributed by atoms with Crippen molar-refractivity contribution in [3.05, 3.63) is 47.1 Å². The first-order chi connectivity index (χ1) is 25.5. The van der Waals surface area contributed by atoms with Crippen molar-refractivity contribution in [2.24, 2.45) is 5.92 Å². The highest BCUT2D eigenvalue weighted by atomic mass is 35.5. The van der Waals surface area contributed by atoms with Crippen LogP contribution in [0, 0.1) is 5.92 Å². The molecule has 3 aliphatic rings. The molecule has 4 aromatic rings. The van der Waals surface area contributed by atoms with E-state index in [4.69, 9.17) is 35.8 Å². The van der Waals surface area contributed by atoms with Crippen LogP contribution in [0.4, 0.5) is 19.0 Å². The van der Waals surface area contributed by atoms with Gasteiger partial charge < -0.3 is 33.6 Å². The fourth-order valence-electron chi connectivity index (χ4n) is 8.02. The molecule has 10 nitrogen and oxygen atoms in total. The number of rotatable bonds is 16. The SMILES string of the molecule is CC(C)N(CCCCc1nc2cc(C(F)(F)F)c(Cl)cc2n1COCC[Si](C)(C)C)C[C@H]1C[C@@H](n2ccc3c(NC4CC4)ncnc32)[C@@H]2OC(C)(C)O[C@H]12. The van der Waals surface area contributed by atoms with Gasteiger partial charge in [0.25, 0.3) is 0 Å². The number of fused-ring (bicyclic) bond motifs is 3. The summed E-state index contributed by atoms with van der Waals surface area (Å²) in [5.74, 6) is 1.17. The Labute approximate surface area is 322 Å². The number of hydrogen-bond donors (Lipinski definition) is 1. The van der Waals surface area contributed by atoms with Crippen LogP contribution in [-0.2, 0) is 33.5 Å². The monoisotopic (exact) mass is 789 g/mol. The number of aryl methyl sites for hydroxylation is 1. The van der Waals surface area contributed by atoms with Gasteiger partial charge in [0.15, 0.2) is 5.79 Å². The maximum atomic E-state index is 13.7. The van der Waals surface area contributed by atoms with Gasteiger partial charge in [-0.3, -0.25) is 0 Å². The van der Waals surface area contributed by atoms with Crippen molar-refractivity contribution in [1.82, 2.24) is 29.0 Å². The highest BCUT2D eigenvalue weighted by Crippen LogP contribution is 2.48. The van der Waals surface area contributed by atoms with Gasteiger partial charge in [-0.15, -0.1) is 0 Å². The lowest BCUT2D eigenvalue weighted by Gasteiger charge is -2.31. The molecular weight excluding hydrogens is 735 g/mol. The summed E-state index contributed by atoms with van der Waals surface area (Å²) in [6, 6.07) is 6.42. The molecule has 15 heteroatoms. The molecule has 54 heavy (non-hydrogen) atoms. The van der Waals surface area contributed by atoms with E-state index in [2.05, 4.69) is 65.5 Å². The lowest BCUT2D eigenvalue weighted by molar-refractivity contribution is -0.161. The molecule has 0 bridgehead atoms. The molecule has 2 saturated carbocycles. The van der Waals surface area contributed by atoms with E-state index in [-0.39, 0.29) is 41.4 Å². The van der Waals surface area contributed by atoms with Gasteiger partial charge in [0.05, 0.1) is 39.2 Å². The Morgan fingerprint density at radius 3 is 2.57 bits per heavy atom. The maximum absolute atomic E-state index is 13.7. The Morgan fingerprint density at radius 2 is 1.87 bits per heavy atom. The van der Waals surface area contributed by atoms with Crippen molar-refractivity contribution in [3.63, 3.8) is 0 Å². The first-order valence-electron chi connectivity index (χ1n) is 19.5. The molecule has 0 radical (unpaired) electrons. The van der Waals surface area contributed by atoms with Crippen molar-refractivity contribution in [3.8, 4) is 0 Å². The minimum absolute atomic E-state index is 0.0520. The lowest BCUT2D eigenvalue weighted by atomic mass is 10.0. The Balaban J connectivity index is 1.03. The number of anilines is 1. The van der Waals surface area contributed by atoms with E-state index in [1.165, 1.54) is 18.9 Å². The van der Waals surface area contributed by atoms with Gasteiger partial charge in [0.2, 0.25) is 0 Å². The molecule has 1 aliphatic heterocycles. The fourth-order valence-corrected chi connectivity index (χ4v) is 9.05. The molecule has 1 aromatic carbocycles. The van der Waals surface area contributed by atoms with Crippen LogP contribution in [-0.4, -0.2) is 86.8 Å². The van der Waals surface area contributed by atoms with Gasteiger partial charge in [0.1, 0.15) is 36.5 Å². The van der Waals surface area contributed by atoms with Gasteiger partial charge >= 0.3 is 6.18 Å². The van der Waals surface area contributed by atoms with E-state index in [0.29, 0.717) is 36.5 Å². The normalized spacial score (nSPS) is 23.1. The minimum Gasteiger partial charge on any atom is -0.367 e. The average Bonchev–Trinajstić information content (AvgIpc) is 3.38. The molecule has 296 valence electrons. The molecule has 1 saturated heterocycles. The second-order valence-corrected chi connectivity index (χ2v) is 23.4. The van der Waals surface area contributed by atoms with Crippen LogP contribution in [0.5, 0.6) is 0 Å². The van der Waals surface area contributed by atoms with Crippen molar-refractivity contribution < 1.29 is 27.4 Å². The minimum atomic E-state index is -4.56. The summed E-state index contributed by atoms with van der Waals surface area (Å²) in [5.41, 5.74) is 0.883. The van der Waals surface area contributed by atoms with Crippen LogP contribution in [0.1, 0.15) is 77.2 Å². The third-order valence-electron chi connectivity index (χ3n) is 11.1. The predicted molar refractivity (Wildman–Crippen MR) is 209 cm³/mol. The quantitative estimate of drug-likeness (QED) is 0.0889. The third-order valence-corrected chi connectivity index (χ3v) is 13.1. The van der Waals surface area contributed by atoms with Crippen LogP contribution in [0.25, 0.3) is 22.1 Å². The molecule has 3 aromatic heterocycles. The van der Waals surface area contributed by atoms with Crippen LogP contribution in [0.15, 0.2) is 30.7 Å². The molecule has 0 unspecified atom stereocenters. The molecule has 3 fully saturated rings. The van der Waals surface area contributed by atoms with Gasteiger partial charge in [-0.05, 0) is 90.6 Å². The van der Waals surface area contributed by atoms with Gasteiger partial charge in [-0.2, -0.15) is 13.2 Å². The molecule has 2 aliphatic carbocycles. The van der Waals surface area contributed by atoms with E-state index < -0.39 is 25.6 Å². The number of ether oxygens (including phenoxy) is 3. The first kappa shape index (κ1) is 39.5. The van der Waals surface area contributed by atoms with Crippen LogP contribution >= 0.6 is 11.6 Å². The number of nitrogens with zero attached hydrogens (tertiary/aromatic N) is 6. The lowest BCUT2D eigenvalue weighted by Crippen LogP contribution is -2.39. The average molecular weight is 790 g/mol. The highest BCUT2D eigenvalue weighted by molar-refractivity contribution is 6.76. The smallest absolute Gasteiger partial charge is 0.367 e. The summed E-state index contributed by atoms with van der Waals surface area (Å²) in [5, 5.41) is 4.25. The van der Waals surface area contributed by atoms with Crippen molar-refractivity contribution in [2.75, 3.05) is 25.0 Å². The summed E-state index contributed by atoms with van der Waals surface area (Å²) < 4.78 is 64.6. The third kappa shape index (κ3) is 8.78. The number of alkyl halides is 3. The summed E-state index contributed by atoms with van der Waals surface area (Å²) in [4.78, 5) is 16.5. The van der Waals surface area contributed by atoms with Gasteiger partial charge in [-0.25, -0.2) is 15.0 Å². The Kier molecular flexibility index (Phi) is 11.2. The van der Waals surface area contributed by atoms with Crippen LogP contribution in [0.3, 0.4) is 0 Å². The van der Waals surface area contributed by atoms with Crippen LogP contribution in [0.2, 0.25) is 30.7 Å². The van der Waals surface area contributed by atoms with Crippen LogP contribution < -0.4 is 5.32 Å². The van der Waals surface area contributed by atoms with Crippen molar-refractivity contribution >= 4 is 47.6 Å². The summed E-state index contributed by atoms with van der Waals surface area (Å²) in [6.07, 6.45) is 4.63. The molecule has 4 heterocycles. The van der Waals surface area contributed by atoms with E-state index in [1.807, 2.05) is 18.4 Å². The molecule has 4 atom stereocenters. The zero-order valence-electron chi connectivity index (χ0n) is 32.5. The molecule has 0 amide bonds. The molecular formula is C39H55ClF3N7O3Si. The first-order valence-corrected chi connectivity index (χ1v) is 23.6. The topological polar surface area (TPSA) is 91.5 Å². The standard InChI is InChI=1S/C39H55ClF3N7O3Si/c1-24(2)48(14-9-8-10-33-47-30-19-28(39(41,42)43)29(40)20-31(30)50(33)23-51-16-17-54(5,6)7)21-25-18-32(35-34(25)52-38(3,4)53-35)49-15-13-27-36(46-26-11-12-26)44-22-45-37(27)49/h13,15,19-20,22,24-26,32,34-35H,8-12,14,16-18,21,23H2,1-7H3,(H,44,45,46)/t25-,32-,34-,35+/m1/s1. The zero-order chi connectivity index (χ0) is 38.6. The second kappa shape index (κ2) is 15.3. The van der Waals surface area contributed by atoms with E-state index in [1.54, 1.807) is 6.33 Å². The molecule has 7 rings (SSSR count). The van der Waals surface area contributed by atoms with Gasteiger partial charge in [-0.1, -0.05) is 31.2 Å². The number of aromatic nitrogens is 5.